The van der Waals surface area contributed by atoms with Gasteiger partial charge in [-0.3, -0.25) is 4.98 Å². The van der Waals surface area contributed by atoms with Crippen LogP contribution in [-0.4, -0.2) is 10.1 Å². The van der Waals surface area contributed by atoms with Crippen molar-refractivity contribution in [2.75, 3.05) is 0 Å². The molecular weight excluding hydrogens is 173 g/mol. The number of hydrogen-bond donors (Lipinski definition) is 1. The van der Waals surface area contributed by atoms with Gasteiger partial charge in [0.15, 0.2) is 0 Å². The highest BCUT2D eigenvalue weighted by atomic mass is 35.5. The molecule has 4 heteroatoms. The topological polar surface area (TPSA) is 33.1 Å². The van der Waals surface area contributed by atoms with Gasteiger partial charge >= 0.3 is 0 Å². The Balaban J connectivity index is 0.000000810. The smallest absolute Gasteiger partial charge is 0.138 e. The first-order valence-corrected chi connectivity index (χ1v) is 2.89. The van der Waals surface area contributed by atoms with Crippen molar-refractivity contribution >= 4 is 24.0 Å². The van der Waals surface area contributed by atoms with Gasteiger partial charge in [0.2, 0.25) is 0 Å². The second-order valence-corrected chi connectivity index (χ2v) is 2.19. The van der Waals surface area contributed by atoms with E-state index in [1.54, 1.807) is 6.92 Å². The fourth-order valence-electron chi connectivity index (χ4n) is 0.497. The summed E-state index contributed by atoms with van der Waals surface area (Å²) < 4.78 is 0. The van der Waals surface area contributed by atoms with Crippen molar-refractivity contribution in [3.05, 3.63) is 23.0 Å². The molecule has 0 aromatic carbocycles. The molecule has 0 radical (unpaired) electrons. The maximum absolute atomic E-state index is 8.95. The summed E-state index contributed by atoms with van der Waals surface area (Å²) in [6.45, 7) is 1.71. The lowest BCUT2D eigenvalue weighted by atomic mass is 10.3. The van der Waals surface area contributed by atoms with E-state index in [9.17, 15) is 0 Å². The highest BCUT2D eigenvalue weighted by Crippen LogP contribution is 2.17. The zero-order valence-electron chi connectivity index (χ0n) is 5.34. The van der Waals surface area contributed by atoms with Gasteiger partial charge in [-0.1, -0.05) is 11.6 Å². The number of halogens is 2. The fourth-order valence-corrected chi connectivity index (χ4v) is 0.649. The van der Waals surface area contributed by atoms with Crippen LogP contribution in [0.1, 0.15) is 5.69 Å². The molecule has 1 N–H and O–H groups in total. The molecule has 1 heterocycles. The number of nitrogens with zero attached hydrogens (tertiary/aromatic N) is 1. The summed E-state index contributed by atoms with van der Waals surface area (Å²) >= 11 is 5.49. The van der Waals surface area contributed by atoms with Gasteiger partial charge in [0, 0.05) is 12.3 Å². The van der Waals surface area contributed by atoms with Crippen LogP contribution in [0.3, 0.4) is 0 Å². The maximum atomic E-state index is 8.95. The van der Waals surface area contributed by atoms with Crippen molar-refractivity contribution in [3.8, 4) is 5.75 Å². The third-order valence-electron chi connectivity index (χ3n) is 1.03. The molecule has 1 rings (SSSR count). The van der Waals surface area contributed by atoms with Crippen LogP contribution < -0.4 is 0 Å². The fraction of sp³-hybridized carbons (Fsp3) is 0.167. The number of aromatic hydroxyl groups is 1. The second-order valence-electron chi connectivity index (χ2n) is 1.76. The van der Waals surface area contributed by atoms with Crippen molar-refractivity contribution in [3.63, 3.8) is 0 Å². The molecule has 0 aliphatic rings. The first-order chi connectivity index (χ1) is 4.20. The minimum absolute atomic E-state index is 0. The van der Waals surface area contributed by atoms with E-state index in [2.05, 4.69) is 4.98 Å². The van der Waals surface area contributed by atoms with Crippen LogP contribution >= 0.6 is 24.0 Å². The Morgan fingerprint density at radius 3 is 2.60 bits per heavy atom. The van der Waals surface area contributed by atoms with Crippen LogP contribution in [0.15, 0.2) is 12.3 Å². The zero-order valence-corrected chi connectivity index (χ0v) is 6.91. The largest absolute Gasteiger partial charge is 0.506 e. The molecule has 0 saturated heterocycles. The van der Waals surface area contributed by atoms with Gasteiger partial charge in [-0.05, 0) is 6.92 Å². The van der Waals surface area contributed by atoms with Crippen molar-refractivity contribution in [2.24, 2.45) is 0 Å². The minimum atomic E-state index is 0. The Bertz CT molecular complexity index is 227. The minimum Gasteiger partial charge on any atom is -0.506 e. The molecule has 0 unspecified atom stereocenters. The van der Waals surface area contributed by atoms with Gasteiger partial charge in [-0.2, -0.15) is 0 Å². The molecule has 1 aromatic heterocycles. The quantitative estimate of drug-likeness (QED) is 0.663. The molecule has 0 amide bonds. The van der Waals surface area contributed by atoms with Crippen molar-refractivity contribution in [1.29, 1.82) is 0 Å². The lowest BCUT2D eigenvalue weighted by molar-refractivity contribution is 0.467. The Hall–Kier alpha value is -0.470. The number of rotatable bonds is 0. The molecule has 56 valence electrons. The first kappa shape index (κ1) is 9.53. The summed E-state index contributed by atoms with van der Waals surface area (Å²) in [5.41, 5.74) is 0.597. The van der Waals surface area contributed by atoms with Crippen LogP contribution in [0.2, 0.25) is 5.02 Å². The van der Waals surface area contributed by atoms with Crippen LogP contribution in [0.5, 0.6) is 5.75 Å². The Kier molecular flexibility index (Phi) is 3.47. The summed E-state index contributed by atoms with van der Waals surface area (Å²) in [5, 5.41) is 9.41. The SMILES string of the molecule is Cc1ncc(Cl)cc1O.Cl. The Morgan fingerprint density at radius 2 is 2.20 bits per heavy atom. The van der Waals surface area contributed by atoms with Crippen molar-refractivity contribution in [1.82, 2.24) is 4.98 Å². The van der Waals surface area contributed by atoms with E-state index in [0.29, 0.717) is 10.7 Å². The van der Waals surface area contributed by atoms with Gasteiger partial charge < -0.3 is 5.11 Å². The predicted octanol–water partition coefficient (Wildman–Crippen LogP) is 2.17. The third-order valence-corrected chi connectivity index (χ3v) is 1.23. The number of aryl methyl sites for hydroxylation is 1. The van der Waals surface area contributed by atoms with E-state index in [-0.39, 0.29) is 18.2 Å². The van der Waals surface area contributed by atoms with E-state index < -0.39 is 0 Å². The number of hydrogen-bond acceptors (Lipinski definition) is 2. The summed E-state index contributed by atoms with van der Waals surface area (Å²) in [7, 11) is 0. The van der Waals surface area contributed by atoms with E-state index in [0.717, 1.165) is 0 Å². The zero-order chi connectivity index (χ0) is 6.85. The number of aromatic nitrogens is 1. The molecule has 0 saturated carbocycles. The molecule has 0 aliphatic heterocycles. The normalized spacial score (nSPS) is 8.60. The Morgan fingerprint density at radius 1 is 1.60 bits per heavy atom. The summed E-state index contributed by atoms with van der Waals surface area (Å²) in [6, 6.07) is 1.46. The van der Waals surface area contributed by atoms with Crippen LogP contribution in [-0.2, 0) is 0 Å². The van der Waals surface area contributed by atoms with E-state index >= 15 is 0 Å². The monoisotopic (exact) mass is 179 g/mol. The van der Waals surface area contributed by atoms with Crippen LogP contribution in [0.25, 0.3) is 0 Å². The molecular formula is C6H7Cl2NO. The van der Waals surface area contributed by atoms with E-state index in [1.165, 1.54) is 12.3 Å². The summed E-state index contributed by atoms with van der Waals surface area (Å²) in [5.74, 6) is 0.141. The van der Waals surface area contributed by atoms with Gasteiger partial charge in [0.25, 0.3) is 0 Å². The predicted molar refractivity (Wildman–Crippen MR) is 42.9 cm³/mol. The summed E-state index contributed by atoms with van der Waals surface area (Å²) in [6.07, 6.45) is 1.50. The van der Waals surface area contributed by atoms with E-state index in [1.807, 2.05) is 0 Å². The molecule has 10 heavy (non-hydrogen) atoms. The average Bonchev–Trinajstić information content (AvgIpc) is 1.80. The second kappa shape index (κ2) is 3.64. The van der Waals surface area contributed by atoms with Crippen LogP contribution in [0, 0.1) is 6.92 Å². The van der Waals surface area contributed by atoms with Gasteiger partial charge in [-0.15, -0.1) is 12.4 Å². The van der Waals surface area contributed by atoms with Gasteiger partial charge in [-0.25, -0.2) is 0 Å². The molecule has 0 aliphatic carbocycles. The molecule has 0 bridgehead atoms. The maximum Gasteiger partial charge on any atom is 0.138 e. The van der Waals surface area contributed by atoms with Crippen molar-refractivity contribution in [2.45, 2.75) is 6.92 Å². The summed E-state index contributed by atoms with van der Waals surface area (Å²) in [4.78, 5) is 3.80. The van der Waals surface area contributed by atoms with Crippen LogP contribution in [0.4, 0.5) is 0 Å². The number of pyridine rings is 1. The molecule has 0 spiro atoms. The lowest BCUT2D eigenvalue weighted by Crippen LogP contribution is -1.78. The molecule has 0 fully saturated rings. The third kappa shape index (κ3) is 2.05. The lowest BCUT2D eigenvalue weighted by Gasteiger charge is -1.94. The highest BCUT2D eigenvalue weighted by molar-refractivity contribution is 6.30. The molecule has 0 atom stereocenters. The first-order valence-electron chi connectivity index (χ1n) is 2.51. The average molecular weight is 180 g/mol. The molecule has 1 aromatic rings. The van der Waals surface area contributed by atoms with Gasteiger partial charge in [0.1, 0.15) is 5.75 Å². The van der Waals surface area contributed by atoms with E-state index in [4.69, 9.17) is 16.7 Å². The standard InChI is InChI=1S/C6H6ClNO.ClH/c1-4-6(9)2-5(7)3-8-4;/h2-3,9H,1H3;1H. The highest BCUT2D eigenvalue weighted by Gasteiger charge is 1.94. The van der Waals surface area contributed by atoms with Crippen molar-refractivity contribution < 1.29 is 5.11 Å². The Labute approximate surface area is 70.3 Å². The molecule has 2 nitrogen and oxygen atoms in total. The van der Waals surface area contributed by atoms with Gasteiger partial charge in [0.05, 0.1) is 10.7 Å².